The number of hydrogen-bond acceptors (Lipinski definition) is 4. The van der Waals surface area contributed by atoms with E-state index in [9.17, 15) is 4.79 Å². The van der Waals surface area contributed by atoms with E-state index in [0.717, 1.165) is 5.56 Å². The summed E-state index contributed by atoms with van der Waals surface area (Å²) in [6, 6.07) is 14.5. The second-order valence-corrected chi connectivity index (χ2v) is 4.18. The first-order chi connectivity index (χ1) is 10.2. The van der Waals surface area contributed by atoms with E-state index in [4.69, 9.17) is 9.47 Å². The summed E-state index contributed by atoms with van der Waals surface area (Å²) in [6.07, 6.45) is 1.58. The molecule has 0 radical (unpaired) electrons. The molecule has 1 amide bonds. The van der Waals surface area contributed by atoms with Crippen molar-refractivity contribution in [2.24, 2.45) is 5.10 Å². The Morgan fingerprint density at radius 2 is 1.86 bits per heavy atom. The molecule has 2 rings (SSSR count). The number of ether oxygens (including phenoxy) is 2. The van der Waals surface area contributed by atoms with Gasteiger partial charge >= 0.3 is 0 Å². The average molecular weight is 284 g/mol. The molecule has 0 saturated heterocycles. The molecule has 0 aliphatic heterocycles. The van der Waals surface area contributed by atoms with Crippen LogP contribution in [-0.2, 0) is 0 Å². The van der Waals surface area contributed by atoms with Gasteiger partial charge in [0.05, 0.1) is 26.0 Å². The number of hydrogen-bond donors (Lipinski definition) is 1. The number of nitrogens with one attached hydrogen (secondary N) is 1. The van der Waals surface area contributed by atoms with E-state index in [-0.39, 0.29) is 5.91 Å². The molecule has 108 valence electrons. The van der Waals surface area contributed by atoms with E-state index in [1.807, 2.05) is 30.3 Å². The number of benzene rings is 2. The molecular weight excluding hydrogens is 268 g/mol. The van der Waals surface area contributed by atoms with Gasteiger partial charge in [-0.3, -0.25) is 4.79 Å². The van der Waals surface area contributed by atoms with Crippen molar-refractivity contribution in [1.29, 1.82) is 0 Å². The lowest BCUT2D eigenvalue weighted by Crippen LogP contribution is -2.18. The van der Waals surface area contributed by atoms with Crippen LogP contribution in [0.15, 0.2) is 53.6 Å². The molecule has 0 saturated carbocycles. The van der Waals surface area contributed by atoms with Crippen molar-refractivity contribution >= 4 is 12.1 Å². The van der Waals surface area contributed by atoms with Crippen LogP contribution in [0.1, 0.15) is 15.9 Å². The summed E-state index contributed by atoms with van der Waals surface area (Å²) in [4.78, 5) is 12.1. The van der Waals surface area contributed by atoms with Gasteiger partial charge in [-0.1, -0.05) is 30.3 Å². The Balaban J connectivity index is 2.08. The van der Waals surface area contributed by atoms with Crippen molar-refractivity contribution in [3.05, 3.63) is 59.7 Å². The molecule has 0 aliphatic rings. The first-order valence-corrected chi connectivity index (χ1v) is 6.35. The van der Waals surface area contributed by atoms with E-state index in [1.165, 1.54) is 7.11 Å². The smallest absolute Gasteiger partial charge is 0.275 e. The number of hydrazone groups is 1. The fraction of sp³-hybridized carbons (Fsp3) is 0.125. The lowest BCUT2D eigenvalue weighted by atomic mass is 10.2. The predicted octanol–water partition coefficient (Wildman–Crippen LogP) is 2.47. The van der Waals surface area contributed by atoms with Gasteiger partial charge in [0.25, 0.3) is 5.91 Å². The minimum absolute atomic E-state index is 0.346. The number of rotatable bonds is 5. The summed E-state index contributed by atoms with van der Waals surface area (Å²) in [5.41, 5.74) is 3.76. The van der Waals surface area contributed by atoms with E-state index >= 15 is 0 Å². The van der Waals surface area contributed by atoms with Crippen molar-refractivity contribution in [3.8, 4) is 11.5 Å². The van der Waals surface area contributed by atoms with Crippen LogP contribution in [0, 0.1) is 0 Å². The summed E-state index contributed by atoms with van der Waals surface area (Å²) in [5.74, 6) is 0.708. The quantitative estimate of drug-likeness (QED) is 0.677. The Morgan fingerprint density at radius 3 is 2.52 bits per heavy atom. The van der Waals surface area contributed by atoms with Gasteiger partial charge in [-0.25, -0.2) is 5.43 Å². The van der Waals surface area contributed by atoms with Gasteiger partial charge in [0.15, 0.2) is 0 Å². The fourth-order valence-corrected chi connectivity index (χ4v) is 1.75. The highest BCUT2D eigenvalue weighted by molar-refractivity contribution is 5.97. The first-order valence-electron chi connectivity index (χ1n) is 6.35. The predicted molar refractivity (Wildman–Crippen MR) is 81.0 cm³/mol. The standard InChI is InChI=1S/C16H16N2O3/c1-20-13-8-9-14(15(10-13)21-2)16(19)18-17-11-12-6-4-3-5-7-12/h3-11H,1-2H3,(H,18,19). The number of nitrogens with zero attached hydrogens (tertiary/aromatic N) is 1. The molecule has 1 N–H and O–H groups in total. The Labute approximate surface area is 123 Å². The number of methoxy groups -OCH3 is 2. The highest BCUT2D eigenvalue weighted by atomic mass is 16.5. The Kier molecular flexibility index (Phi) is 4.93. The lowest BCUT2D eigenvalue weighted by Gasteiger charge is -2.08. The molecule has 0 fully saturated rings. The second-order valence-electron chi connectivity index (χ2n) is 4.18. The molecule has 0 spiro atoms. The molecule has 5 nitrogen and oxygen atoms in total. The number of carbonyl (C=O) groups is 1. The van der Waals surface area contributed by atoms with Crippen LogP contribution >= 0.6 is 0 Å². The Morgan fingerprint density at radius 1 is 1.10 bits per heavy atom. The average Bonchev–Trinajstić information content (AvgIpc) is 2.55. The van der Waals surface area contributed by atoms with Crippen molar-refractivity contribution in [1.82, 2.24) is 5.43 Å². The van der Waals surface area contributed by atoms with Crippen LogP contribution in [0.25, 0.3) is 0 Å². The van der Waals surface area contributed by atoms with Crippen molar-refractivity contribution in [2.75, 3.05) is 14.2 Å². The Hall–Kier alpha value is -2.82. The third-order valence-electron chi connectivity index (χ3n) is 2.83. The van der Waals surface area contributed by atoms with E-state index in [0.29, 0.717) is 17.1 Å². The van der Waals surface area contributed by atoms with Gasteiger partial charge in [0, 0.05) is 6.07 Å². The Bertz CT molecular complexity index is 639. The lowest BCUT2D eigenvalue weighted by molar-refractivity contribution is 0.0952. The largest absolute Gasteiger partial charge is 0.497 e. The van der Waals surface area contributed by atoms with Crippen molar-refractivity contribution in [2.45, 2.75) is 0 Å². The van der Waals surface area contributed by atoms with Gasteiger partial charge in [-0.15, -0.1) is 0 Å². The third kappa shape index (κ3) is 3.82. The zero-order chi connectivity index (χ0) is 15.1. The van der Waals surface area contributed by atoms with E-state index < -0.39 is 0 Å². The second kappa shape index (κ2) is 7.09. The summed E-state index contributed by atoms with van der Waals surface area (Å²) >= 11 is 0. The maximum Gasteiger partial charge on any atom is 0.275 e. The van der Waals surface area contributed by atoms with Gasteiger partial charge in [0.2, 0.25) is 0 Å². The summed E-state index contributed by atoms with van der Waals surface area (Å²) < 4.78 is 10.3. The fourth-order valence-electron chi connectivity index (χ4n) is 1.75. The van der Waals surface area contributed by atoms with E-state index in [2.05, 4.69) is 10.5 Å². The maximum atomic E-state index is 12.1. The van der Waals surface area contributed by atoms with Gasteiger partial charge in [-0.05, 0) is 17.7 Å². The third-order valence-corrected chi connectivity index (χ3v) is 2.83. The topological polar surface area (TPSA) is 59.9 Å². The first kappa shape index (κ1) is 14.6. The van der Waals surface area contributed by atoms with Crippen LogP contribution < -0.4 is 14.9 Å². The van der Waals surface area contributed by atoms with Crippen LogP contribution in [-0.4, -0.2) is 26.3 Å². The number of amides is 1. The van der Waals surface area contributed by atoms with Gasteiger partial charge < -0.3 is 9.47 Å². The maximum absolute atomic E-state index is 12.1. The zero-order valence-corrected chi connectivity index (χ0v) is 11.9. The highest BCUT2D eigenvalue weighted by Gasteiger charge is 2.12. The monoisotopic (exact) mass is 284 g/mol. The number of carbonyl (C=O) groups excluding carboxylic acids is 1. The molecule has 0 heterocycles. The summed E-state index contributed by atoms with van der Waals surface area (Å²) in [7, 11) is 3.05. The van der Waals surface area contributed by atoms with Crippen LogP contribution in [0.4, 0.5) is 0 Å². The van der Waals surface area contributed by atoms with Crippen LogP contribution in [0.3, 0.4) is 0 Å². The summed E-state index contributed by atoms with van der Waals surface area (Å²) in [5, 5.41) is 3.92. The zero-order valence-electron chi connectivity index (χ0n) is 11.9. The van der Waals surface area contributed by atoms with Crippen molar-refractivity contribution < 1.29 is 14.3 Å². The van der Waals surface area contributed by atoms with Gasteiger partial charge in [0.1, 0.15) is 11.5 Å². The van der Waals surface area contributed by atoms with E-state index in [1.54, 1.807) is 31.5 Å². The molecule has 5 heteroatoms. The minimum atomic E-state index is -0.346. The highest BCUT2D eigenvalue weighted by Crippen LogP contribution is 2.24. The molecule has 21 heavy (non-hydrogen) atoms. The normalized spacial score (nSPS) is 10.4. The molecule has 0 aromatic heterocycles. The summed E-state index contributed by atoms with van der Waals surface area (Å²) in [6.45, 7) is 0. The molecule has 0 bridgehead atoms. The molecule has 0 unspecified atom stereocenters. The van der Waals surface area contributed by atoms with Gasteiger partial charge in [-0.2, -0.15) is 5.10 Å². The molecule has 0 atom stereocenters. The SMILES string of the molecule is COc1ccc(C(=O)NN=Cc2ccccc2)c(OC)c1. The van der Waals surface area contributed by atoms with Crippen LogP contribution in [0.2, 0.25) is 0 Å². The molecule has 2 aromatic rings. The minimum Gasteiger partial charge on any atom is -0.497 e. The van der Waals surface area contributed by atoms with Crippen LogP contribution in [0.5, 0.6) is 11.5 Å². The molecule has 2 aromatic carbocycles. The van der Waals surface area contributed by atoms with Crippen molar-refractivity contribution in [3.63, 3.8) is 0 Å². The molecular formula is C16H16N2O3. The molecule has 0 aliphatic carbocycles.